The number of esters is 2. The number of aromatic nitrogens is 2. The normalized spacial score (nSPS) is 8.96. The van der Waals surface area contributed by atoms with Crippen molar-refractivity contribution in [1.29, 1.82) is 10.5 Å². The molecule has 0 aromatic carbocycles. The summed E-state index contributed by atoms with van der Waals surface area (Å²) in [4.78, 5) is 38.7. The van der Waals surface area contributed by atoms with Gasteiger partial charge in [0.1, 0.15) is 34.2 Å². The van der Waals surface area contributed by atoms with Crippen LogP contribution in [0.25, 0.3) is 0 Å². The minimum Gasteiger partial charge on any atom is -0.464 e. The van der Waals surface area contributed by atoms with Gasteiger partial charge in [0.05, 0.1) is 19.8 Å². The molecule has 9 nitrogen and oxygen atoms in total. The number of hydrogen-bond donors (Lipinski definition) is 1. The molecule has 0 aliphatic rings. The first-order chi connectivity index (χ1) is 12.4. The summed E-state index contributed by atoms with van der Waals surface area (Å²) in [5, 5.41) is 16.9. The molecule has 2 aromatic heterocycles. The summed E-state index contributed by atoms with van der Waals surface area (Å²) in [5.41, 5.74) is -0.273. The third-order valence-electron chi connectivity index (χ3n) is 2.80. The summed E-state index contributed by atoms with van der Waals surface area (Å²) in [6, 6.07) is 8.91. The van der Waals surface area contributed by atoms with Gasteiger partial charge in [-0.2, -0.15) is 10.5 Å². The Hall–Kier alpha value is -3.69. The van der Waals surface area contributed by atoms with Crippen LogP contribution in [0.5, 0.6) is 0 Å². The van der Waals surface area contributed by atoms with Gasteiger partial charge in [0, 0.05) is 0 Å². The Morgan fingerprint density at radius 3 is 2.08 bits per heavy atom. The van der Waals surface area contributed by atoms with Crippen molar-refractivity contribution >= 4 is 23.5 Å². The highest BCUT2D eigenvalue weighted by Gasteiger charge is 2.09. The molecule has 1 N–H and O–H groups in total. The number of H-pyrrole nitrogens is 1. The number of nitrogens with one attached hydrogen (secondary N) is 1. The summed E-state index contributed by atoms with van der Waals surface area (Å²) in [5.74, 6) is -1.21. The highest BCUT2D eigenvalue weighted by Crippen LogP contribution is 2.12. The number of nitrogens with zero attached hydrogens (tertiary/aromatic N) is 3. The van der Waals surface area contributed by atoms with E-state index in [2.05, 4.69) is 19.4 Å². The molecule has 132 valence electrons. The molecule has 26 heavy (non-hydrogen) atoms. The van der Waals surface area contributed by atoms with Crippen LogP contribution in [0.4, 0.5) is 0 Å². The second-order valence-corrected chi connectivity index (χ2v) is 4.71. The van der Waals surface area contributed by atoms with Gasteiger partial charge in [-0.15, -0.1) is 0 Å². The molecule has 0 unspecified atom stereocenters. The minimum absolute atomic E-state index is 0.00500. The van der Waals surface area contributed by atoms with Crippen molar-refractivity contribution in [2.45, 2.75) is 0 Å². The topological polar surface area (TPSA) is 146 Å². The fourth-order valence-electron chi connectivity index (χ4n) is 1.53. The van der Waals surface area contributed by atoms with Gasteiger partial charge in [-0.25, -0.2) is 14.6 Å². The predicted octanol–water partition coefficient (Wildman–Crippen LogP) is 1.43. The van der Waals surface area contributed by atoms with Crippen molar-refractivity contribution in [3.63, 3.8) is 0 Å². The number of carbonyl (C=O) groups excluding carboxylic acids is 2. The molecule has 0 radical (unpaired) electrons. The van der Waals surface area contributed by atoms with Gasteiger partial charge in [0.2, 0.25) is 0 Å². The molecule has 0 fully saturated rings. The van der Waals surface area contributed by atoms with Crippen molar-refractivity contribution in [2.75, 3.05) is 14.2 Å². The van der Waals surface area contributed by atoms with Crippen LogP contribution in [0.2, 0.25) is 5.15 Å². The summed E-state index contributed by atoms with van der Waals surface area (Å²) in [7, 11) is 2.45. The fraction of sp³-hybridized carbons (Fsp3) is 0.125. The zero-order valence-electron chi connectivity index (χ0n) is 13.6. The lowest BCUT2D eigenvalue weighted by Gasteiger charge is -1.98. The van der Waals surface area contributed by atoms with Gasteiger partial charge in [-0.05, 0) is 24.3 Å². The number of rotatable bonds is 2. The third-order valence-corrected chi connectivity index (χ3v) is 3.09. The number of nitriles is 2. The van der Waals surface area contributed by atoms with Crippen LogP contribution < -0.4 is 5.56 Å². The van der Waals surface area contributed by atoms with E-state index < -0.39 is 17.5 Å². The van der Waals surface area contributed by atoms with Crippen LogP contribution in [0, 0.1) is 22.7 Å². The zero-order chi connectivity index (χ0) is 19.7. The van der Waals surface area contributed by atoms with Crippen LogP contribution in [0.15, 0.2) is 29.1 Å². The predicted molar refractivity (Wildman–Crippen MR) is 88.4 cm³/mol. The zero-order valence-corrected chi connectivity index (χ0v) is 14.3. The first kappa shape index (κ1) is 20.4. The first-order valence-electron chi connectivity index (χ1n) is 6.74. The number of hydrogen-bond acceptors (Lipinski definition) is 8. The van der Waals surface area contributed by atoms with Gasteiger partial charge in [0.15, 0.2) is 0 Å². The average Bonchev–Trinajstić information content (AvgIpc) is 2.67. The molecule has 0 saturated carbocycles. The molecule has 2 heterocycles. The van der Waals surface area contributed by atoms with E-state index in [1.165, 1.54) is 38.5 Å². The van der Waals surface area contributed by atoms with Crippen LogP contribution in [0.3, 0.4) is 0 Å². The minimum atomic E-state index is -0.637. The largest absolute Gasteiger partial charge is 0.464 e. The van der Waals surface area contributed by atoms with Crippen molar-refractivity contribution in [3.8, 4) is 12.1 Å². The lowest BCUT2D eigenvalue weighted by atomic mass is 10.2. The van der Waals surface area contributed by atoms with E-state index in [1.54, 1.807) is 6.07 Å². The van der Waals surface area contributed by atoms with Crippen LogP contribution >= 0.6 is 11.6 Å². The van der Waals surface area contributed by atoms with Gasteiger partial charge in [-0.1, -0.05) is 11.6 Å². The monoisotopic (exact) mass is 374 g/mol. The maximum atomic E-state index is 11.0. The number of carbonyl (C=O) groups is 2. The van der Waals surface area contributed by atoms with E-state index in [0.717, 1.165) is 0 Å². The molecule has 0 aliphatic heterocycles. The number of aromatic amines is 1. The lowest BCUT2D eigenvalue weighted by molar-refractivity contribution is 0.0585. The van der Waals surface area contributed by atoms with E-state index in [1.807, 2.05) is 6.07 Å². The highest BCUT2D eigenvalue weighted by molar-refractivity contribution is 6.30. The molecule has 0 atom stereocenters. The maximum Gasteiger partial charge on any atom is 0.356 e. The van der Waals surface area contributed by atoms with E-state index in [9.17, 15) is 14.4 Å². The number of pyridine rings is 2. The van der Waals surface area contributed by atoms with Gasteiger partial charge >= 0.3 is 11.9 Å². The molecule has 10 heteroatoms. The molecule has 0 amide bonds. The van der Waals surface area contributed by atoms with Crippen LogP contribution in [0.1, 0.15) is 32.1 Å². The highest BCUT2D eigenvalue weighted by atomic mass is 35.5. The molecular formula is C16H11ClN4O5. The third kappa shape index (κ3) is 5.16. The Balaban J connectivity index is 0.000000260. The number of ether oxygens (including phenoxy) is 2. The average molecular weight is 375 g/mol. The molecule has 0 saturated heterocycles. The van der Waals surface area contributed by atoms with Crippen LogP contribution in [-0.2, 0) is 9.47 Å². The molecule has 2 aromatic rings. The second kappa shape index (κ2) is 9.57. The first-order valence-corrected chi connectivity index (χ1v) is 7.12. The van der Waals surface area contributed by atoms with E-state index in [0.29, 0.717) is 0 Å². The SMILES string of the molecule is COC(=O)c1ccc(C#N)c(=O)[nH]1.COC(=O)c1ccc(C#N)c(Cl)n1. The van der Waals surface area contributed by atoms with E-state index in [-0.39, 0.29) is 27.7 Å². The lowest BCUT2D eigenvalue weighted by Crippen LogP contribution is -2.15. The Bertz CT molecular complexity index is 972. The van der Waals surface area contributed by atoms with Crippen molar-refractivity contribution in [3.05, 3.63) is 62.3 Å². The second-order valence-electron chi connectivity index (χ2n) is 4.36. The number of halogens is 1. The van der Waals surface area contributed by atoms with Crippen LogP contribution in [-0.4, -0.2) is 36.1 Å². The van der Waals surface area contributed by atoms with Gasteiger partial charge in [0.25, 0.3) is 5.56 Å². The smallest absolute Gasteiger partial charge is 0.356 e. The Labute approximate surface area is 152 Å². The standard InChI is InChI=1S/C8H5ClN2O2.C8H6N2O3/c1-13-8(12)6-3-2-5(4-10)7(9)11-6;1-13-8(12)6-3-2-5(4-9)7(11)10-6/h2-3H,1H3;2-3H,1H3,(H,10,11). The molecule has 0 aliphatic carbocycles. The molecular weight excluding hydrogens is 364 g/mol. The molecule has 2 rings (SSSR count). The van der Waals surface area contributed by atoms with Crippen molar-refractivity contribution in [1.82, 2.24) is 9.97 Å². The Kier molecular flexibility index (Phi) is 7.49. The fourth-order valence-corrected chi connectivity index (χ4v) is 1.72. The maximum absolute atomic E-state index is 11.0. The number of methoxy groups -OCH3 is 2. The van der Waals surface area contributed by atoms with Gasteiger partial charge < -0.3 is 14.5 Å². The summed E-state index contributed by atoms with van der Waals surface area (Å²) in [6.07, 6.45) is 0. The van der Waals surface area contributed by atoms with E-state index >= 15 is 0 Å². The van der Waals surface area contributed by atoms with Crippen molar-refractivity contribution < 1.29 is 19.1 Å². The Morgan fingerprint density at radius 2 is 1.62 bits per heavy atom. The Morgan fingerprint density at radius 1 is 1.04 bits per heavy atom. The molecule has 0 spiro atoms. The summed E-state index contributed by atoms with van der Waals surface area (Å²) in [6.45, 7) is 0. The van der Waals surface area contributed by atoms with Gasteiger partial charge in [-0.3, -0.25) is 4.79 Å². The molecule has 0 bridgehead atoms. The van der Waals surface area contributed by atoms with E-state index in [4.69, 9.17) is 22.1 Å². The van der Waals surface area contributed by atoms with Crippen molar-refractivity contribution in [2.24, 2.45) is 0 Å². The quantitative estimate of drug-likeness (QED) is 0.613. The summed E-state index contributed by atoms with van der Waals surface area (Å²) >= 11 is 5.59. The summed E-state index contributed by atoms with van der Waals surface area (Å²) < 4.78 is 8.79.